The van der Waals surface area contributed by atoms with Crippen LogP contribution in [0.25, 0.3) is 0 Å². The minimum atomic E-state index is 0.157. The van der Waals surface area contributed by atoms with Gasteiger partial charge < -0.3 is 0 Å². The van der Waals surface area contributed by atoms with Gasteiger partial charge in [-0.15, -0.1) is 11.6 Å². The molecule has 1 aliphatic heterocycles. The minimum absolute atomic E-state index is 0.157. The van der Waals surface area contributed by atoms with Gasteiger partial charge in [0.05, 0.1) is 0 Å². The highest BCUT2D eigenvalue weighted by Gasteiger charge is 2.19. The molecule has 0 radical (unpaired) electrons. The summed E-state index contributed by atoms with van der Waals surface area (Å²) in [5.74, 6) is 1.05. The predicted octanol–water partition coefficient (Wildman–Crippen LogP) is 1.06. The summed E-state index contributed by atoms with van der Waals surface area (Å²) in [6, 6.07) is 0.323. The number of nitrogens with zero attached hydrogens (tertiary/aromatic N) is 1. The van der Waals surface area contributed by atoms with E-state index in [1.165, 1.54) is 11.9 Å². The molecule has 2 nitrogen and oxygen atoms in total. The molecule has 1 saturated heterocycles. The second kappa shape index (κ2) is 2.60. The molecule has 1 aliphatic rings. The topological polar surface area (TPSA) is 20.3 Å². The van der Waals surface area contributed by atoms with Gasteiger partial charge in [-0.25, -0.2) is 0 Å². The highest BCUT2D eigenvalue weighted by Crippen LogP contribution is 2.20. The first kappa shape index (κ1) is 6.23. The molecule has 1 heterocycles. The molecule has 1 rings (SSSR count). The van der Waals surface area contributed by atoms with Gasteiger partial charge >= 0.3 is 0 Å². The van der Waals surface area contributed by atoms with Gasteiger partial charge in [-0.3, -0.25) is 9.10 Å². The van der Waals surface area contributed by atoms with Crippen LogP contribution in [0.2, 0.25) is 0 Å². The van der Waals surface area contributed by atoms with E-state index in [0.717, 1.165) is 5.75 Å². The number of halogens is 1. The molecule has 0 unspecified atom stereocenters. The quantitative estimate of drug-likeness (QED) is 0.317. The molecule has 8 heavy (non-hydrogen) atoms. The van der Waals surface area contributed by atoms with Crippen molar-refractivity contribution in [3.05, 3.63) is 0 Å². The van der Waals surface area contributed by atoms with E-state index in [0.29, 0.717) is 12.4 Å². The second-order valence-electron chi connectivity index (χ2n) is 1.47. The monoisotopic (exact) mass is 151 g/mol. The van der Waals surface area contributed by atoms with Crippen LogP contribution in [0, 0.1) is 0 Å². The van der Waals surface area contributed by atoms with Crippen LogP contribution >= 0.6 is 23.5 Å². The molecule has 0 aromatic heterocycles. The molecule has 0 aromatic carbocycles. The highest BCUT2D eigenvalue weighted by atomic mass is 35.5. The number of carbonyl (C=O) groups excluding carboxylic acids is 1. The van der Waals surface area contributed by atoms with E-state index in [-0.39, 0.29) is 5.91 Å². The number of amides is 1. The van der Waals surface area contributed by atoms with Crippen molar-refractivity contribution in [2.75, 3.05) is 11.8 Å². The van der Waals surface area contributed by atoms with Gasteiger partial charge in [0.15, 0.2) is 0 Å². The third-order valence-electron chi connectivity index (χ3n) is 0.950. The van der Waals surface area contributed by atoms with Gasteiger partial charge in [0, 0.05) is 12.2 Å². The maximum Gasteiger partial charge on any atom is 0.234 e. The molecular formula is C4H6ClNOS. The molecule has 0 aliphatic carbocycles. The van der Waals surface area contributed by atoms with Crippen LogP contribution in [0.3, 0.4) is 0 Å². The normalized spacial score (nSPS) is 20.1. The van der Waals surface area contributed by atoms with E-state index >= 15 is 0 Å². The summed E-state index contributed by atoms with van der Waals surface area (Å²) in [5, 5.41) is 0. The van der Waals surface area contributed by atoms with Gasteiger partial charge in [-0.05, 0) is 11.9 Å². The zero-order valence-corrected chi connectivity index (χ0v) is 5.84. The molecular weight excluding hydrogens is 146 g/mol. The largest absolute Gasteiger partial charge is 0.274 e. The Labute approximate surface area is 57.3 Å². The standard InChI is InChI=1S/C4H6ClNOS/c5-3-6-4(7)1-2-8-6/h1-3H2. The lowest BCUT2D eigenvalue weighted by Crippen LogP contribution is -2.15. The van der Waals surface area contributed by atoms with Crippen LogP contribution in [0.4, 0.5) is 0 Å². The smallest absolute Gasteiger partial charge is 0.234 e. The number of hydrogen-bond donors (Lipinski definition) is 0. The SMILES string of the molecule is O=C1CCSN1CCl. The van der Waals surface area contributed by atoms with E-state index in [1.54, 1.807) is 4.31 Å². The Kier molecular flexibility index (Phi) is 2.02. The van der Waals surface area contributed by atoms with Crippen molar-refractivity contribution >= 4 is 29.5 Å². The summed E-state index contributed by atoms with van der Waals surface area (Å²) in [6.07, 6.45) is 0.650. The first-order valence-corrected chi connectivity index (χ1v) is 3.81. The lowest BCUT2D eigenvalue weighted by Gasteiger charge is -2.06. The Morgan fingerprint density at radius 2 is 2.62 bits per heavy atom. The molecule has 0 spiro atoms. The molecule has 0 aromatic rings. The lowest BCUT2D eigenvalue weighted by atomic mass is 10.5. The van der Waals surface area contributed by atoms with Crippen molar-refractivity contribution in [2.45, 2.75) is 6.42 Å². The van der Waals surface area contributed by atoms with Crippen molar-refractivity contribution < 1.29 is 4.79 Å². The van der Waals surface area contributed by atoms with Crippen LogP contribution in [-0.4, -0.2) is 22.0 Å². The molecule has 1 amide bonds. The third kappa shape index (κ3) is 1.09. The summed E-state index contributed by atoms with van der Waals surface area (Å²) in [5.41, 5.74) is 0. The Hall–Kier alpha value is 0.110. The summed E-state index contributed by atoms with van der Waals surface area (Å²) in [4.78, 5) is 10.6. The van der Waals surface area contributed by atoms with E-state index in [9.17, 15) is 4.79 Å². The van der Waals surface area contributed by atoms with Crippen molar-refractivity contribution in [1.29, 1.82) is 0 Å². The lowest BCUT2D eigenvalue weighted by molar-refractivity contribution is -0.124. The van der Waals surface area contributed by atoms with Crippen LogP contribution in [0.15, 0.2) is 0 Å². The first-order chi connectivity index (χ1) is 3.84. The number of carbonyl (C=O) groups is 1. The average Bonchev–Trinajstić information content (AvgIpc) is 2.14. The van der Waals surface area contributed by atoms with Crippen molar-refractivity contribution in [1.82, 2.24) is 4.31 Å². The number of alkyl halides is 1. The second-order valence-corrected chi connectivity index (χ2v) is 2.82. The summed E-state index contributed by atoms with van der Waals surface area (Å²) < 4.78 is 1.57. The van der Waals surface area contributed by atoms with Crippen molar-refractivity contribution in [3.63, 3.8) is 0 Å². The fourth-order valence-corrected chi connectivity index (χ4v) is 1.67. The maximum atomic E-state index is 10.6. The van der Waals surface area contributed by atoms with Gasteiger partial charge in [0.2, 0.25) is 5.91 Å². The van der Waals surface area contributed by atoms with Gasteiger partial charge in [0.25, 0.3) is 0 Å². The Bertz CT molecular complexity index is 108. The fraction of sp³-hybridized carbons (Fsp3) is 0.750. The Morgan fingerprint density at radius 1 is 1.88 bits per heavy atom. The average molecular weight is 152 g/mol. The Balaban J connectivity index is 2.42. The molecule has 4 heteroatoms. The van der Waals surface area contributed by atoms with Crippen LogP contribution < -0.4 is 0 Å². The van der Waals surface area contributed by atoms with Gasteiger partial charge in [-0.1, -0.05) is 0 Å². The minimum Gasteiger partial charge on any atom is -0.274 e. The fourth-order valence-electron chi connectivity index (χ4n) is 0.541. The van der Waals surface area contributed by atoms with E-state index in [2.05, 4.69) is 0 Å². The molecule has 1 fully saturated rings. The summed E-state index contributed by atoms with van der Waals surface area (Å²) in [6.45, 7) is 0. The van der Waals surface area contributed by atoms with E-state index in [1.807, 2.05) is 0 Å². The van der Waals surface area contributed by atoms with Gasteiger partial charge in [-0.2, -0.15) is 0 Å². The van der Waals surface area contributed by atoms with Gasteiger partial charge in [0.1, 0.15) is 6.00 Å². The molecule has 0 bridgehead atoms. The van der Waals surface area contributed by atoms with E-state index in [4.69, 9.17) is 11.6 Å². The van der Waals surface area contributed by atoms with Crippen molar-refractivity contribution in [3.8, 4) is 0 Å². The predicted molar refractivity (Wildman–Crippen MR) is 34.6 cm³/mol. The summed E-state index contributed by atoms with van der Waals surface area (Å²) in [7, 11) is 0. The molecule has 0 atom stereocenters. The van der Waals surface area contributed by atoms with Crippen LogP contribution in [0.5, 0.6) is 0 Å². The Morgan fingerprint density at radius 3 is 2.88 bits per heavy atom. The number of rotatable bonds is 1. The maximum absolute atomic E-state index is 10.6. The molecule has 46 valence electrons. The van der Waals surface area contributed by atoms with Crippen LogP contribution in [0.1, 0.15) is 6.42 Å². The van der Waals surface area contributed by atoms with E-state index < -0.39 is 0 Å². The molecule has 0 saturated carbocycles. The highest BCUT2D eigenvalue weighted by molar-refractivity contribution is 7.98. The molecule has 0 N–H and O–H groups in total. The zero-order chi connectivity index (χ0) is 5.98. The number of hydrogen-bond acceptors (Lipinski definition) is 2. The summed E-state index contributed by atoms with van der Waals surface area (Å²) >= 11 is 6.89. The zero-order valence-electron chi connectivity index (χ0n) is 4.26. The van der Waals surface area contributed by atoms with Crippen molar-refractivity contribution in [2.24, 2.45) is 0 Å². The third-order valence-corrected chi connectivity index (χ3v) is 2.36. The van der Waals surface area contributed by atoms with Crippen LogP contribution in [-0.2, 0) is 4.79 Å². The first-order valence-electron chi connectivity index (χ1n) is 2.34.